The zero-order chi connectivity index (χ0) is 16.1. The Bertz CT molecular complexity index is 780. The average molecular weight is 307 g/mol. The summed E-state index contributed by atoms with van der Waals surface area (Å²) >= 11 is 0. The Morgan fingerprint density at radius 2 is 1.83 bits per heavy atom. The predicted molar refractivity (Wildman–Crippen MR) is 86.3 cm³/mol. The van der Waals surface area contributed by atoms with Gasteiger partial charge >= 0.3 is 0 Å². The van der Waals surface area contributed by atoms with Gasteiger partial charge in [0.2, 0.25) is 11.7 Å². The molecule has 0 bridgehead atoms. The van der Waals surface area contributed by atoms with Crippen LogP contribution in [0.4, 0.5) is 0 Å². The van der Waals surface area contributed by atoms with Crippen molar-refractivity contribution >= 4 is 5.91 Å². The fourth-order valence-corrected chi connectivity index (χ4v) is 2.10. The maximum atomic E-state index is 12.0. The van der Waals surface area contributed by atoms with Gasteiger partial charge in [0.1, 0.15) is 6.54 Å². The molecule has 3 rings (SSSR count). The van der Waals surface area contributed by atoms with Gasteiger partial charge in [0, 0.05) is 12.1 Å². The molecule has 1 aromatic heterocycles. The van der Waals surface area contributed by atoms with Crippen molar-refractivity contribution in [1.82, 2.24) is 25.5 Å². The van der Waals surface area contributed by atoms with Gasteiger partial charge in [0.05, 0.1) is 0 Å². The highest BCUT2D eigenvalue weighted by molar-refractivity contribution is 5.75. The van der Waals surface area contributed by atoms with Crippen LogP contribution >= 0.6 is 0 Å². The number of hydrogen-bond acceptors (Lipinski definition) is 4. The van der Waals surface area contributed by atoms with E-state index in [9.17, 15) is 4.79 Å². The second-order valence-electron chi connectivity index (χ2n) is 5.27. The minimum atomic E-state index is -0.150. The van der Waals surface area contributed by atoms with Crippen LogP contribution in [0.15, 0.2) is 54.6 Å². The standard InChI is InChI=1S/C17H17N5O/c1-13-7-9-14(10-8-13)11-18-16(23)12-22-20-17(19-21-22)15-5-3-2-4-6-15/h2-10H,11-12H2,1H3,(H,18,23). The van der Waals surface area contributed by atoms with Crippen molar-refractivity contribution in [3.63, 3.8) is 0 Å². The Morgan fingerprint density at radius 3 is 2.57 bits per heavy atom. The second kappa shape index (κ2) is 6.83. The number of tetrazole rings is 1. The van der Waals surface area contributed by atoms with Gasteiger partial charge in [-0.15, -0.1) is 10.2 Å². The third kappa shape index (κ3) is 4.00. The SMILES string of the molecule is Cc1ccc(CNC(=O)Cn2nnc(-c3ccccc3)n2)cc1. The summed E-state index contributed by atoms with van der Waals surface area (Å²) in [5, 5.41) is 15.0. The Hall–Kier alpha value is -3.02. The molecule has 0 fully saturated rings. The maximum Gasteiger partial charge on any atom is 0.243 e. The lowest BCUT2D eigenvalue weighted by Crippen LogP contribution is -2.28. The topological polar surface area (TPSA) is 72.7 Å². The first kappa shape index (κ1) is 14.9. The highest BCUT2D eigenvalue weighted by Gasteiger charge is 2.08. The Balaban J connectivity index is 1.56. The van der Waals surface area contributed by atoms with E-state index >= 15 is 0 Å². The quantitative estimate of drug-likeness (QED) is 0.782. The van der Waals surface area contributed by atoms with Crippen LogP contribution in [0.5, 0.6) is 0 Å². The summed E-state index contributed by atoms with van der Waals surface area (Å²) in [6.45, 7) is 2.56. The first-order valence-corrected chi connectivity index (χ1v) is 7.36. The molecular formula is C17H17N5O. The fraction of sp³-hybridized carbons (Fsp3) is 0.176. The van der Waals surface area contributed by atoms with Crippen molar-refractivity contribution in [2.24, 2.45) is 0 Å². The predicted octanol–water partition coefficient (Wildman–Crippen LogP) is 1.96. The summed E-state index contributed by atoms with van der Waals surface area (Å²) in [7, 11) is 0. The third-order valence-corrected chi connectivity index (χ3v) is 3.38. The van der Waals surface area contributed by atoms with Gasteiger partial charge in [-0.25, -0.2) is 0 Å². The molecule has 116 valence electrons. The number of carbonyl (C=O) groups is 1. The Labute approximate surface area is 134 Å². The van der Waals surface area contributed by atoms with Crippen LogP contribution in [0.1, 0.15) is 11.1 Å². The molecule has 1 heterocycles. The monoisotopic (exact) mass is 307 g/mol. The molecule has 6 nitrogen and oxygen atoms in total. The number of benzene rings is 2. The first-order valence-electron chi connectivity index (χ1n) is 7.36. The molecule has 0 atom stereocenters. The van der Waals surface area contributed by atoms with Crippen LogP contribution in [-0.2, 0) is 17.9 Å². The van der Waals surface area contributed by atoms with Crippen molar-refractivity contribution in [3.8, 4) is 11.4 Å². The number of aryl methyl sites for hydroxylation is 1. The van der Waals surface area contributed by atoms with E-state index in [1.165, 1.54) is 10.4 Å². The molecule has 1 amide bonds. The number of nitrogens with zero attached hydrogens (tertiary/aromatic N) is 4. The number of amides is 1. The summed E-state index contributed by atoms with van der Waals surface area (Å²) in [5.41, 5.74) is 3.12. The summed E-state index contributed by atoms with van der Waals surface area (Å²) in [4.78, 5) is 13.3. The van der Waals surface area contributed by atoms with Crippen LogP contribution in [0.25, 0.3) is 11.4 Å². The van der Waals surface area contributed by atoms with Gasteiger partial charge in [0.25, 0.3) is 0 Å². The maximum absolute atomic E-state index is 12.0. The number of carbonyl (C=O) groups excluding carboxylic acids is 1. The van der Waals surface area contributed by atoms with E-state index in [0.717, 1.165) is 11.1 Å². The van der Waals surface area contributed by atoms with E-state index in [2.05, 4.69) is 20.7 Å². The van der Waals surface area contributed by atoms with Crippen LogP contribution < -0.4 is 5.32 Å². The van der Waals surface area contributed by atoms with Crippen molar-refractivity contribution in [3.05, 3.63) is 65.7 Å². The third-order valence-electron chi connectivity index (χ3n) is 3.38. The zero-order valence-corrected chi connectivity index (χ0v) is 12.8. The summed E-state index contributed by atoms with van der Waals surface area (Å²) in [5.74, 6) is 0.361. The highest BCUT2D eigenvalue weighted by atomic mass is 16.2. The van der Waals surface area contributed by atoms with Crippen LogP contribution in [0.3, 0.4) is 0 Å². The number of rotatable bonds is 5. The van der Waals surface area contributed by atoms with Gasteiger partial charge in [-0.3, -0.25) is 4.79 Å². The molecule has 0 aliphatic carbocycles. The summed E-state index contributed by atoms with van der Waals surface area (Å²) in [6, 6.07) is 17.6. The van der Waals surface area contributed by atoms with E-state index in [1.54, 1.807) is 0 Å². The lowest BCUT2D eigenvalue weighted by molar-refractivity contribution is -0.122. The molecule has 0 saturated carbocycles. The molecule has 0 radical (unpaired) electrons. The normalized spacial score (nSPS) is 10.5. The molecule has 0 saturated heterocycles. The second-order valence-corrected chi connectivity index (χ2v) is 5.27. The van der Waals surface area contributed by atoms with Gasteiger partial charge in [-0.1, -0.05) is 60.2 Å². The van der Waals surface area contributed by atoms with E-state index in [0.29, 0.717) is 12.4 Å². The molecule has 0 aliphatic rings. The Kier molecular flexibility index (Phi) is 4.42. The molecule has 0 spiro atoms. The summed E-state index contributed by atoms with van der Waals surface area (Å²) in [6.07, 6.45) is 0. The molecule has 3 aromatic rings. The highest BCUT2D eigenvalue weighted by Crippen LogP contribution is 2.11. The molecule has 1 N–H and O–H groups in total. The molecule has 0 aliphatic heterocycles. The van der Waals surface area contributed by atoms with Crippen molar-refractivity contribution in [1.29, 1.82) is 0 Å². The van der Waals surface area contributed by atoms with Crippen molar-refractivity contribution in [2.75, 3.05) is 0 Å². The lowest BCUT2D eigenvalue weighted by Gasteiger charge is -2.05. The van der Waals surface area contributed by atoms with Crippen LogP contribution in [0, 0.1) is 6.92 Å². The van der Waals surface area contributed by atoms with Gasteiger partial charge in [-0.2, -0.15) is 4.80 Å². The molecule has 6 heteroatoms. The van der Waals surface area contributed by atoms with Crippen LogP contribution in [0.2, 0.25) is 0 Å². The molecular weight excluding hydrogens is 290 g/mol. The lowest BCUT2D eigenvalue weighted by atomic mass is 10.1. The molecule has 0 unspecified atom stereocenters. The first-order chi connectivity index (χ1) is 11.2. The Morgan fingerprint density at radius 1 is 1.09 bits per heavy atom. The van der Waals surface area contributed by atoms with Gasteiger partial charge in [-0.05, 0) is 17.7 Å². The van der Waals surface area contributed by atoms with E-state index in [-0.39, 0.29) is 12.5 Å². The average Bonchev–Trinajstić information content (AvgIpc) is 3.04. The number of aromatic nitrogens is 4. The smallest absolute Gasteiger partial charge is 0.243 e. The summed E-state index contributed by atoms with van der Waals surface area (Å²) < 4.78 is 0. The van der Waals surface area contributed by atoms with E-state index in [1.807, 2.05) is 61.5 Å². The van der Waals surface area contributed by atoms with Gasteiger partial charge < -0.3 is 5.32 Å². The molecule has 23 heavy (non-hydrogen) atoms. The number of hydrogen-bond donors (Lipinski definition) is 1. The largest absolute Gasteiger partial charge is 0.350 e. The minimum Gasteiger partial charge on any atom is -0.350 e. The fourth-order valence-electron chi connectivity index (χ4n) is 2.10. The minimum absolute atomic E-state index is 0.0473. The van der Waals surface area contributed by atoms with Crippen molar-refractivity contribution < 1.29 is 4.79 Å². The van der Waals surface area contributed by atoms with Crippen molar-refractivity contribution in [2.45, 2.75) is 20.0 Å². The van der Waals surface area contributed by atoms with E-state index < -0.39 is 0 Å². The van der Waals surface area contributed by atoms with E-state index in [4.69, 9.17) is 0 Å². The zero-order valence-electron chi connectivity index (χ0n) is 12.8. The van der Waals surface area contributed by atoms with Crippen LogP contribution in [-0.4, -0.2) is 26.1 Å². The van der Waals surface area contributed by atoms with Gasteiger partial charge in [0.15, 0.2) is 0 Å². The number of nitrogens with one attached hydrogen (secondary N) is 1. The molecule has 2 aromatic carbocycles.